The summed E-state index contributed by atoms with van der Waals surface area (Å²) in [6.07, 6.45) is 4.55. The van der Waals surface area contributed by atoms with Crippen LogP contribution < -0.4 is 5.32 Å². The van der Waals surface area contributed by atoms with Gasteiger partial charge in [-0.2, -0.15) is 5.21 Å². The van der Waals surface area contributed by atoms with Crippen molar-refractivity contribution in [1.29, 1.82) is 0 Å². The van der Waals surface area contributed by atoms with Crippen LogP contribution in [0.25, 0.3) is 5.57 Å². The number of aromatic nitrogens is 4. The third kappa shape index (κ3) is 3.54. The first-order valence-electron chi connectivity index (χ1n) is 6.75. The van der Waals surface area contributed by atoms with Gasteiger partial charge in [0.15, 0.2) is 0 Å². The Labute approximate surface area is 121 Å². The zero-order valence-corrected chi connectivity index (χ0v) is 11.5. The number of tetrazole rings is 1. The van der Waals surface area contributed by atoms with Crippen LogP contribution in [0.3, 0.4) is 0 Å². The van der Waals surface area contributed by atoms with Crippen molar-refractivity contribution in [2.24, 2.45) is 0 Å². The Bertz CT molecular complexity index is 605. The number of carbonyl (C=O) groups is 1. The van der Waals surface area contributed by atoms with Crippen molar-refractivity contribution in [3.63, 3.8) is 0 Å². The molecular formula is C13H16N6O2. The zero-order valence-electron chi connectivity index (χ0n) is 11.5. The van der Waals surface area contributed by atoms with Gasteiger partial charge in [0.2, 0.25) is 11.7 Å². The maximum atomic E-state index is 11.9. The number of nitrogens with one attached hydrogen (secondary N) is 2. The van der Waals surface area contributed by atoms with Crippen LogP contribution in [0.4, 0.5) is 0 Å². The van der Waals surface area contributed by atoms with Crippen LogP contribution in [0, 0.1) is 0 Å². The highest BCUT2D eigenvalue weighted by molar-refractivity contribution is 5.78. The molecule has 1 aliphatic rings. The van der Waals surface area contributed by atoms with Gasteiger partial charge in [0.05, 0.1) is 19.4 Å². The quantitative estimate of drug-likeness (QED) is 0.815. The fourth-order valence-electron chi connectivity index (χ4n) is 2.26. The highest BCUT2D eigenvalue weighted by Crippen LogP contribution is 2.16. The van der Waals surface area contributed by atoms with Crippen molar-refractivity contribution in [2.45, 2.75) is 13.0 Å². The number of nitrogens with zero attached hydrogens (tertiary/aromatic N) is 4. The Morgan fingerprint density at radius 3 is 3.24 bits per heavy atom. The first-order chi connectivity index (χ1) is 10.3. The molecule has 1 aliphatic heterocycles. The van der Waals surface area contributed by atoms with Crippen molar-refractivity contribution in [3.8, 4) is 0 Å². The molecule has 0 spiro atoms. The molecule has 3 rings (SSSR count). The molecule has 1 amide bonds. The molecule has 0 atom stereocenters. The molecule has 2 aromatic heterocycles. The molecule has 2 N–H and O–H groups in total. The highest BCUT2D eigenvalue weighted by Gasteiger charge is 2.18. The molecule has 3 heterocycles. The summed E-state index contributed by atoms with van der Waals surface area (Å²) in [5, 5.41) is 16.8. The smallest absolute Gasteiger partial charge is 0.234 e. The van der Waals surface area contributed by atoms with Gasteiger partial charge in [-0.3, -0.25) is 9.69 Å². The standard InChI is InChI=1S/C13H16N6O2/c20-12(14-7-11-4-2-6-21-11)9-19-5-1-3-10(8-19)13-15-17-18-16-13/h2-4,6H,1,5,7-9H2,(H,14,20)(H,15,16,17,18). The van der Waals surface area contributed by atoms with E-state index in [0.29, 0.717) is 25.5 Å². The minimum atomic E-state index is -0.0271. The summed E-state index contributed by atoms with van der Waals surface area (Å²) in [7, 11) is 0. The Morgan fingerprint density at radius 1 is 1.52 bits per heavy atom. The van der Waals surface area contributed by atoms with Crippen LogP contribution in [0.1, 0.15) is 18.0 Å². The molecule has 0 aromatic carbocycles. The van der Waals surface area contributed by atoms with Crippen LogP contribution in [0.15, 0.2) is 28.9 Å². The lowest BCUT2D eigenvalue weighted by Gasteiger charge is -2.25. The summed E-state index contributed by atoms with van der Waals surface area (Å²) in [5.41, 5.74) is 0.994. The number of rotatable bonds is 5. The summed E-state index contributed by atoms with van der Waals surface area (Å²) in [6, 6.07) is 3.63. The average Bonchev–Trinajstić information content (AvgIpc) is 3.19. The van der Waals surface area contributed by atoms with Crippen molar-refractivity contribution in [1.82, 2.24) is 30.8 Å². The molecule has 0 bridgehead atoms. The van der Waals surface area contributed by atoms with E-state index in [0.717, 1.165) is 24.3 Å². The number of H-pyrrole nitrogens is 1. The van der Waals surface area contributed by atoms with E-state index in [1.54, 1.807) is 12.3 Å². The number of carbonyl (C=O) groups excluding carboxylic acids is 1. The predicted octanol–water partition coefficient (Wildman–Crippen LogP) is 0.198. The van der Waals surface area contributed by atoms with Gasteiger partial charge in [-0.25, -0.2) is 0 Å². The van der Waals surface area contributed by atoms with E-state index in [9.17, 15) is 4.79 Å². The highest BCUT2D eigenvalue weighted by atomic mass is 16.3. The SMILES string of the molecule is O=C(CN1CCC=C(c2nn[nH]n2)C1)NCc1ccco1. The van der Waals surface area contributed by atoms with E-state index >= 15 is 0 Å². The van der Waals surface area contributed by atoms with Crippen LogP contribution in [-0.2, 0) is 11.3 Å². The van der Waals surface area contributed by atoms with Gasteiger partial charge < -0.3 is 9.73 Å². The molecule has 8 nitrogen and oxygen atoms in total. The van der Waals surface area contributed by atoms with Gasteiger partial charge in [0.1, 0.15) is 5.76 Å². The summed E-state index contributed by atoms with van der Waals surface area (Å²) >= 11 is 0. The van der Waals surface area contributed by atoms with E-state index in [1.807, 2.05) is 6.07 Å². The van der Waals surface area contributed by atoms with Crippen LogP contribution >= 0.6 is 0 Å². The third-order valence-corrected chi connectivity index (χ3v) is 3.27. The lowest BCUT2D eigenvalue weighted by molar-refractivity contribution is -0.122. The Hall–Kier alpha value is -2.48. The second kappa shape index (κ2) is 6.31. The number of aromatic amines is 1. The van der Waals surface area contributed by atoms with E-state index < -0.39 is 0 Å². The molecule has 110 valence electrons. The molecule has 2 aromatic rings. The Morgan fingerprint density at radius 2 is 2.48 bits per heavy atom. The van der Waals surface area contributed by atoms with Gasteiger partial charge in [0, 0.05) is 18.7 Å². The van der Waals surface area contributed by atoms with E-state index in [1.165, 1.54) is 0 Å². The third-order valence-electron chi connectivity index (χ3n) is 3.27. The second-order valence-corrected chi connectivity index (χ2v) is 4.82. The minimum Gasteiger partial charge on any atom is -0.467 e. The summed E-state index contributed by atoms with van der Waals surface area (Å²) < 4.78 is 5.18. The maximum Gasteiger partial charge on any atom is 0.234 e. The minimum absolute atomic E-state index is 0.0271. The van der Waals surface area contributed by atoms with Gasteiger partial charge >= 0.3 is 0 Å². The van der Waals surface area contributed by atoms with Gasteiger partial charge in [-0.15, -0.1) is 10.2 Å². The molecule has 0 saturated carbocycles. The first-order valence-corrected chi connectivity index (χ1v) is 6.75. The molecular weight excluding hydrogens is 272 g/mol. The van der Waals surface area contributed by atoms with Crippen molar-refractivity contribution in [3.05, 3.63) is 36.1 Å². The monoisotopic (exact) mass is 288 g/mol. The summed E-state index contributed by atoms with van der Waals surface area (Å²) in [4.78, 5) is 14.0. The average molecular weight is 288 g/mol. The van der Waals surface area contributed by atoms with Gasteiger partial charge in [-0.05, 0) is 23.8 Å². The van der Waals surface area contributed by atoms with E-state index in [2.05, 4.69) is 36.9 Å². The number of hydrogen-bond donors (Lipinski definition) is 2. The maximum absolute atomic E-state index is 11.9. The molecule has 0 fully saturated rings. The summed E-state index contributed by atoms with van der Waals surface area (Å²) in [5.74, 6) is 1.31. The molecule has 0 saturated heterocycles. The second-order valence-electron chi connectivity index (χ2n) is 4.82. The van der Waals surface area contributed by atoms with E-state index in [-0.39, 0.29) is 5.91 Å². The van der Waals surface area contributed by atoms with Gasteiger partial charge in [-0.1, -0.05) is 6.08 Å². The topological polar surface area (TPSA) is 99.9 Å². The largest absolute Gasteiger partial charge is 0.467 e. The van der Waals surface area contributed by atoms with Crippen molar-refractivity contribution < 1.29 is 9.21 Å². The molecule has 8 heteroatoms. The normalized spacial score (nSPS) is 15.7. The molecule has 0 aliphatic carbocycles. The fraction of sp³-hybridized carbons (Fsp3) is 0.385. The van der Waals surface area contributed by atoms with Crippen molar-refractivity contribution >= 4 is 11.5 Å². The van der Waals surface area contributed by atoms with Crippen LogP contribution in [-0.4, -0.2) is 51.1 Å². The number of amides is 1. The number of furan rings is 1. The fourth-order valence-corrected chi connectivity index (χ4v) is 2.26. The van der Waals surface area contributed by atoms with Crippen LogP contribution in [0.2, 0.25) is 0 Å². The zero-order chi connectivity index (χ0) is 14.5. The van der Waals surface area contributed by atoms with Crippen molar-refractivity contribution in [2.75, 3.05) is 19.6 Å². The Kier molecular flexibility index (Phi) is 4.06. The molecule has 0 radical (unpaired) electrons. The first kappa shape index (κ1) is 13.5. The van der Waals surface area contributed by atoms with Gasteiger partial charge in [0.25, 0.3) is 0 Å². The lowest BCUT2D eigenvalue weighted by atomic mass is 10.1. The predicted molar refractivity (Wildman–Crippen MR) is 73.8 cm³/mol. The summed E-state index contributed by atoms with van der Waals surface area (Å²) in [6.45, 7) is 2.24. The van der Waals surface area contributed by atoms with Crippen LogP contribution in [0.5, 0.6) is 0 Å². The van der Waals surface area contributed by atoms with E-state index in [4.69, 9.17) is 4.42 Å². The molecule has 0 unspecified atom stereocenters. The number of hydrogen-bond acceptors (Lipinski definition) is 6. The molecule has 21 heavy (non-hydrogen) atoms. The lowest BCUT2D eigenvalue weighted by Crippen LogP contribution is -2.39. The Balaban J connectivity index is 1.49.